The number of rotatable bonds is 0. The highest BCUT2D eigenvalue weighted by Crippen LogP contribution is 2.20. The van der Waals surface area contributed by atoms with Crippen molar-refractivity contribution < 1.29 is 30.6 Å². The van der Waals surface area contributed by atoms with Gasteiger partial charge in [-0.2, -0.15) is 9.90 Å². The van der Waals surface area contributed by atoms with Crippen LogP contribution >= 0.6 is 9.90 Å². The first kappa shape index (κ1) is 13.2. The molecule has 0 aromatic rings. The van der Waals surface area contributed by atoms with Crippen molar-refractivity contribution in [2.75, 3.05) is 0 Å². The van der Waals surface area contributed by atoms with Crippen molar-refractivity contribution >= 4 is 9.90 Å². The van der Waals surface area contributed by atoms with Crippen LogP contribution in [0.4, 0.5) is 0 Å². The van der Waals surface area contributed by atoms with E-state index in [1.165, 1.54) is 0 Å². The summed E-state index contributed by atoms with van der Waals surface area (Å²) in [5.41, 5.74) is 0. The molecule has 0 aromatic carbocycles. The Morgan fingerprint density at radius 3 is 0.538 bits per heavy atom. The van der Waals surface area contributed by atoms with E-state index in [9.17, 15) is 0 Å². The van der Waals surface area contributed by atoms with Crippen molar-refractivity contribution in [2.24, 2.45) is 0 Å². The molecule has 1 atom stereocenters. The first-order valence-corrected chi connectivity index (χ1v) is 3.55. The highest BCUT2D eigenvalue weighted by Gasteiger charge is 2.47. The molecule has 1 rings (SSSR count). The molecule has 1 saturated carbocycles. The Bertz CT molecular complexity index is 109. The minimum atomic E-state index is -1.64. The maximum atomic E-state index is 8.97. The summed E-state index contributed by atoms with van der Waals surface area (Å²) >= 11 is 0. The van der Waals surface area contributed by atoms with Gasteiger partial charge >= 0.3 is 0 Å². The number of hydrogen-bond acceptors (Lipinski definition) is 6. The lowest BCUT2D eigenvalue weighted by atomic mass is 9.85. The Labute approximate surface area is 78.1 Å². The van der Waals surface area contributed by atoms with Gasteiger partial charge in [-0.3, -0.25) is 0 Å². The first-order chi connectivity index (χ1) is 5.46. The predicted octanol–water partition coefficient (Wildman–Crippen LogP) is -3.78. The molecular weight excluding hydrogens is 199 g/mol. The van der Waals surface area contributed by atoms with Crippen molar-refractivity contribution in [3.05, 3.63) is 0 Å². The molecule has 0 spiro atoms. The van der Waals surface area contributed by atoms with Crippen LogP contribution in [-0.4, -0.2) is 67.3 Å². The topological polar surface area (TPSA) is 121 Å². The van der Waals surface area contributed by atoms with Crippen LogP contribution < -0.4 is 0 Å². The Kier molecular flexibility index (Phi) is 4.68. The second-order valence-electron chi connectivity index (χ2n) is 2.94. The Morgan fingerprint density at radius 2 is 0.462 bits per heavy atom. The zero-order valence-corrected chi connectivity index (χ0v) is 8.27. The third-order valence-corrected chi connectivity index (χ3v) is 2.10. The largest absolute Gasteiger partial charge is 0.387 e. The SMILES string of the molecule is O[C@H]1[C@H](O)[C@@H](O)[C@H](O)[C@@H](O)[C@H]1O.P. The lowest BCUT2D eigenvalue weighted by Crippen LogP contribution is -2.63. The highest BCUT2D eigenvalue weighted by atomic mass is 31.0. The van der Waals surface area contributed by atoms with Crippen molar-refractivity contribution in [2.45, 2.75) is 36.6 Å². The van der Waals surface area contributed by atoms with Crippen LogP contribution in [0, 0.1) is 0 Å². The summed E-state index contributed by atoms with van der Waals surface area (Å²) in [5.74, 6) is 0. The van der Waals surface area contributed by atoms with E-state index in [-0.39, 0.29) is 9.90 Å². The molecule has 1 fully saturated rings. The van der Waals surface area contributed by atoms with Crippen LogP contribution in [0.25, 0.3) is 0 Å². The molecule has 0 saturated heterocycles. The fourth-order valence-corrected chi connectivity index (χ4v) is 1.21. The lowest BCUT2D eigenvalue weighted by Gasteiger charge is -2.39. The second-order valence-corrected chi connectivity index (χ2v) is 2.94. The van der Waals surface area contributed by atoms with Gasteiger partial charge in [-0.15, -0.1) is 0 Å². The Hall–Kier alpha value is 0.190. The molecule has 0 aliphatic heterocycles. The van der Waals surface area contributed by atoms with Gasteiger partial charge in [0.2, 0.25) is 0 Å². The van der Waals surface area contributed by atoms with E-state index in [2.05, 4.69) is 0 Å². The van der Waals surface area contributed by atoms with E-state index in [0.29, 0.717) is 0 Å². The predicted molar refractivity (Wildman–Crippen MR) is 47.1 cm³/mol. The molecule has 0 heterocycles. The summed E-state index contributed by atoms with van der Waals surface area (Å²) in [6.07, 6.45) is -9.84. The molecule has 1 aliphatic carbocycles. The van der Waals surface area contributed by atoms with Crippen LogP contribution in [0.5, 0.6) is 0 Å². The molecule has 0 amide bonds. The van der Waals surface area contributed by atoms with E-state index in [1.807, 2.05) is 0 Å². The number of aliphatic hydroxyl groups excluding tert-OH is 6. The number of aliphatic hydroxyl groups is 6. The molecule has 0 radical (unpaired) electrons. The standard InChI is InChI=1S/C6H12O6.H3P/c7-1-2(8)4(10)6(12)5(11)3(1)9;/h1-12H;1H3/t1-,2-,3-,4+,5-,6-;. The van der Waals surface area contributed by atoms with E-state index in [4.69, 9.17) is 30.6 Å². The molecule has 0 aromatic heterocycles. The smallest absolute Gasteiger partial charge is 0.111 e. The van der Waals surface area contributed by atoms with Crippen molar-refractivity contribution in [3.8, 4) is 0 Å². The molecule has 0 bridgehead atoms. The van der Waals surface area contributed by atoms with Gasteiger partial charge < -0.3 is 30.6 Å². The third-order valence-electron chi connectivity index (χ3n) is 2.10. The van der Waals surface area contributed by atoms with Gasteiger partial charge in [0.05, 0.1) is 0 Å². The monoisotopic (exact) mass is 214 g/mol. The molecular formula is C6H15O6P. The van der Waals surface area contributed by atoms with Crippen LogP contribution in [-0.2, 0) is 0 Å². The van der Waals surface area contributed by atoms with Gasteiger partial charge in [0, 0.05) is 0 Å². The summed E-state index contributed by atoms with van der Waals surface area (Å²) in [6, 6.07) is 0. The Morgan fingerprint density at radius 1 is 0.385 bits per heavy atom. The van der Waals surface area contributed by atoms with E-state index in [0.717, 1.165) is 0 Å². The normalized spacial score (nSPS) is 51.2. The van der Waals surface area contributed by atoms with Crippen LogP contribution in [0.3, 0.4) is 0 Å². The fourth-order valence-electron chi connectivity index (χ4n) is 1.21. The van der Waals surface area contributed by atoms with Crippen molar-refractivity contribution in [1.29, 1.82) is 0 Å². The van der Waals surface area contributed by atoms with Crippen LogP contribution in [0.15, 0.2) is 0 Å². The fraction of sp³-hybridized carbons (Fsp3) is 1.00. The average molecular weight is 214 g/mol. The number of hydrogen-bond donors (Lipinski definition) is 6. The minimum Gasteiger partial charge on any atom is -0.387 e. The van der Waals surface area contributed by atoms with Crippen molar-refractivity contribution in [1.82, 2.24) is 0 Å². The molecule has 6 N–H and O–H groups in total. The lowest BCUT2D eigenvalue weighted by molar-refractivity contribution is -0.223. The molecule has 7 heteroatoms. The first-order valence-electron chi connectivity index (χ1n) is 3.55. The van der Waals surface area contributed by atoms with Gasteiger partial charge in [-0.05, 0) is 0 Å². The molecule has 1 unspecified atom stereocenters. The van der Waals surface area contributed by atoms with Crippen LogP contribution in [0.1, 0.15) is 0 Å². The van der Waals surface area contributed by atoms with Crippen LogP contribution in [0.2, 0.25) is 0 Å². The van der Waals surface area contributed by atoms with Gasteiger partial charge in [0.25, 0.3) is 0 Å². The van der Waals surface area contributed by atoms with Gasteiger partial charge in [0.15, 0.2) is 0 Å². The van der Waals surface area contributed by atoms with Crippen molar-refractivity contribution in [3.63, 3.8) is 0 Å². The van der Waals surface area contributed by atoms with Gasteiger partial charge in [0.1, 0.15) is 36.6 Å². The average Bonchev–Trinajstić information content (AvgIpc) is 2.08. The Balaban J connectivity index is 0.00000144. The van der Waals surface area contributed by atoms with Gasteiger partial charge in [-0.1, -0.05) is 0 Å². The third kappa shape index (κ3) is 2.16. The molecule has 6 nitrogen and oxygen atoms in total. The molecule has 1 aliphatic rings. The minimum absolute atomic E-state index is 0. The van der Waals surface area contributed by atoms with E-state index in [1.54, 1.807) is 0 Å². The zero-order valence-electron chi connectivity index (χ0n) is 6.85. The molecule has 13 heavy (non-hydrogen) atoms. The van der Waals surface area contributed by atoms with Gasteiger partial charge in [-0.25, -0.2) is 0 Å². The summed E-state index contributed by atoms with van der Waals surface area (Å²) in [6.45, 7) is 0. The maximum Gasteiger partial charge on any atom is 0.111 e. The van der Waals surface area contributed by atoms with E-state index < -0.39 is 36.6 Å². The quantitative estimate of drug-likeness (QED) is 0.230. The summed E-state index contributed by atoms with van der Waals surface area (Å²) in [7, 11) is 0. The summed E-state index contributed by atoms with van der Waals surface area (Å²) in [5, 5.41) is 53.8. The maximum absolute atomic E-state index is 8.97. The van der Waals surface area contributed by atoms with E-state index >= 15 is 0 Å². The molecule has 80 valence electrons. The highest BCUT2D eigenvalue weighted by molar-refractivity contribution is 6.92. The summed E-state index contributed by atoms with van der Waals surface area (Å²) < 4.78 is 0. The zero-order chi connectivity index (χ0) is 9.46. The second kappa shape index (κ2) is 4.61. The summed E-state index contributed by atoms with van der Waals surface area (Å²) in [4.78, 5) is 0.